The van der Waals surface area contributed by atoms with Crippen LogP contribution >= 0.6 is 0 Å². The monoisotopic (exact) mass is 187 g/mol. The number of hydrogen-bond acceptors (Lipinski definition) is 3. The molecule has 76 valence electrons. The van der Waals surface area contributed by atoms with Gasteiger partial charge in [0, 0.05) is 20.0 Å². The fourth-order valence-electron chi connectivity index (χ4n) is 0.701. The quantitative estimate of drug-likeness (QED) is 0.515. The molecule has 0 saturated heterocycles. The van der Waals surface area contributed by atoms with Crippen LogP contribution in [0, 0.1) is 0 Å². The Hall–Kier alpha value is -1.10. The first-order valence-electron chi connectivity index (χ1n) is 4.15. The highest BCUT2D eigenvalue weighted by molar-refractivity contribution is 5.83. The van der Waals surface area contributed by atoms with E-state index in [4.69, 9.17) is 5.73 Å². The minimum absolute atomic E-state index is 0.0622. The Bertz CT molecular complexity index is 202. The summed E-state index contributed by atoms with van der Waals surface area (Å²) in [6.07, 6.45) is 0.340. The van der Waals surface area contributed by atoms with Crippen molar-refractivity contribution in [3.8, 4) is 0 Å². The van der Waals surface area contributed by atoms with Crippen molar-refractivity contribution >= 4 is 11.8 Å². The van der Waals surface area contributed by atoms with E-state index in [0.717, 1.165) is 0 Å². The Labute approximate surface area is 78.1 Å². The van der Waals surface area contributed by atoms with Gasteiger partial charge in [-0.2, -0.15) is 0 Å². The van der Waals surface area contributed by atoms with Crippen LogP contribution in [-0.2, 0) is 9.59 Å². The van der Waals surface area contributed by atoms with E-state index >= 15 is 0 Å². The summed E-state index contributed by atoms with van der Waals surface area (Å²) < 4.78 is 0. The molecular weight excluding hydrogens is 170 g/mol. The summed E-state index contributed by atoms with van der Waals surface area (Å²) in [6, 6.07) is 0. The van der Waals surface area contributed by atoms with Crippen LogP contribution in [0.5, 0.6) is 0 Å². The minimum atomic E-state index is -0.756. The molecule has 0 aromatic heterocycles. The molecule has 13 heavy (non-hydrogen) atoms. The first-order valence-corrected chi connectivity index (χ1v) is 4.15. The van der Waals surface area contributed by atoms with Gasteiger partial charge in [-0.15, -0.1) is 0 Å². The smallest absolute Gasteiger partial charge is 0.237 e. The van der Waals surface area contributed by atoms with Gasteiger partial charge in [-0.3, -0.25) is 9.59 Å². The molecule has 5 heteroatoms. The van der Waals surface area contributed by atoms with Gasteiger partial charge in [0.2, 0.25) is 11.8 Å². The molecule has 0 fully saturated rings. The Morgan fingerprint density at radius 3 is 2.31 bits per heavy atom. The lowest BCUT2D eigenvalue weighted by Gasteiger charge is -2.21. The van der Waals surface area contributed by atoms with Crippen LogP contribution in [0.25, 0.3) is 0 Å². The standard InChI is InChI=1S/C8H17N3O2/c1-8(2,7(9)13)11-5-4-6(12)10-3/h11H,4-5H2,1-3H3,(H2,9,13)(H,10,12). The van der Waals surface area contributed by atoms with Crippen LogP contribution < -0.4 is 16.4 Å². The Balaban J connectivity index is 3.76. The van der Waals surface area contributed by atoms with Gasteiger partial charge in [0.1, 0.15) is 0 Å². The second kappa shape index (κ2) is 4.81. The average Bonchev–Trinajstić information content (AvgIpc) is 2.03. The molecule has 4 N–H and O–H groups in total. The van der Waals surface area contributed by atoms with Gasteiger partial charge in [-0.1, -0.05) is 0 Å². The van der Waals surface area contributed by atoms with Gasteiger partial charge in [0.05, 0.1) is 5.54 Å². The van der Waals surface area contributed by atoms with Crippen LogP contribution in [0.4, 0.5) is 0 Å². The molecule has 0 heterocycles. The summed E-state index contributed by atoms with van der Waals surface area (Å²) in [6.45, 7) is 3.80. The topological polar surface area (TPSA) is 84.2 Å². The van der Waals surface area contributed by atoms with E-state index in [-0.39, 0.29) is 5.91 Å². The molecule has 0 aromatic rings. The maximum absolute atomic E-state index is 10.8. The van der Waals surface area contributed by atoms with Crippen molar-refractivity contribution in [1.29, 1.82) is 0 Å². The average molecular weight is 187 g/mol. The van der Waals surface area contributed by atoms with Crippen molar-refractivity contribution in [3.63, 3.8) is 0 Å². The normalized spacial score (nSPS) is 11.0. The summed E-state index contributed by atoms with van der Waals surface area (Å²) in [4.78, 5) is 21.6. The third kappa shape index (κ3) is 4.47. The van der Waals surface area contributed by atoms with Crippen molar-refractivity contribution in [2.75, 3.05) is 13.6 Å². The van der Waals surface area contributed by atoms with Gasteiger partial charge in [0.15, 0.2) is 0 Å². The van der Waals surface area contributed by atoms with E-state index in [1.165, 1.54) is 0 Å². The fourth-order valence-corrected chi connectivity index (χ4v) is 0.701. The van der Waals surface area contributed by atoms with E-state index in [2.05, 4.69) is 10.6 Å². The lowest BCUT2D eigenvalue weighted by molar-refractivity contribution is -0.124. The number of hydrogen-bond donors (Lipinski definition) is 3. The summed E-state index contributed by atoms with van der Waals surface area (Å²) in [7, 11) is 1.57. The number of carbonyl (C=O) groups is 2. The van der Waals surface area contributed by atoms with Crippen molar-refractivity contribution in [3.05, 3.63) is 0 Å². The summed E-state index contributed by atoms with van der Waals surface area (Å²) in [5, 5.41) is 5.37. The summed E-state index contributed by atoms with van der Waals surface area (Å²) >= 11 is 0. The lowest BCUT2D eigenvalue weighted by Crippen LogP contribution is -2.51. The highest BCUT2D eigenvalue weighted by atomic mass is 16.2. The van der Waals surface area contributed by atoms with Crippen LogP contribution in [-0.4, -0.2) is 30.9 Å². The minimum Gasteiger partial charge on any atom is -0.368 e. The highest BCUT2D eigenvalue weighted by Crippen LogP contribution is 1.99. The van der Waals surface area contributed by atoms with E-state index in [9.17, 15) is 9.59 Å². The highest BCUT2D eigenvalue weighted by Gasteiger charge is 2.23. The molecule has 0 radical (unpaired) electrons. The third-order valence-electron chi connectivity index (χ3n) is 1.81. The summed E-state index contributed by atoms with van der Waals surface area (Å²) in [5.41, 5.74) is 4.36. The molecule has 0 aromatic carbocycles. The Morgan fingerprint density at radius 2 is 1.92 bits per heavy atom. The molecular formula is C8H17N3O2. The molecule has 0 saturated carbocycles. The van der Waals surface area contributed by atoms with Gasteiger partial charge in [-0.05, 0) is 13.8 Å². The van der Waals surface area contributed by atoms with E-state index < -0.39 is 11.4 Å². The van der Waals surface area contributed by atoms with Crippen molar-refractivity contribution in [1.82, 2.24) is 10.6 Å². The van der Waals surface area contributed by atoms with Crippen molar-refractivity contribution < 1.29 is 9.59 Å². The zero-order valence-electron chi connectivity index (χ0n) is 8.31. The number of amides is 2. The van der Waals surface area contributed by atoms with Crippen molar-refractivity contribution in [2.24, 2.45) is 5.73 Å². The van der Waals surface area contributed by atoms with Gasteiger partial charge in [-0.25, -0.2) is 0 Å². The molecule has 0 unspecified atom stereocenters. The van der Waals surface area contributed by atoms with Crippen molar-refractivity contribution in [2.45, 2.75) is 25.8 Å². The molecule has 0 rings (SSSR count). The molecule has 0 bridgehead atoms. The zero-order valence-corrected chi connectivity index (χ0v) is 8.31. The third-order valence-corrected chi connectivity index (χ3v) is 1.81. The van der Waals surface area contributed by atoms with Crippen LogP contribution in [0.3, 0.4) is 0 Å². The van der Waals surface area contributed by atoms with Gasteiger partial charge in [0.25, 0.3) is 0 Å². The molecule has 0 atom stereocenters. The first-order chi connectivity index (χ1) is 5.90. The summed E-state index contributed by atoms with van der Waals surface area (Å²) in [5.74, 6) is -0.489. The molecule has 2 amide bonds. The number of primary amides is 1. The predicted octanol–water partition coefficient (Wildman–Crippen LogP) is -1.02. The lowest BCUT2D eigenvalue weighted by atomic mass is 10.1. The fraction of sp³-hybridized carbons (Fsp3) is 0.750. The maximum atomic E-state index is 10.8. The van der Waals surface area contributed by atoms with Crippen LogP contribution in [0.15, 0.2) is 0 Å². The molecule has 0 aliphatic rings. The Morgan fingerprint density at radius 1 is 1.38 bits per heavy atom. The van der Waals surface area contributed by atoms with E-state index in [1.807, 2.05) is 0 Å². The van der Waals surface area contributed by atoms with E-state index in [1.54, 1.807) is 20.9 Å². The van der Waals surface area contributed by atoms with E-state index in [0.29, 0.717) is 13.0 Å². The molecule has 0 aliphatic heterocycles. The molecule has 0 aliphatic carbocycles. The molecule has 5 nitrogen and oxygen atoms in total. The predicted molar refractivity (Wildman–Crippen MR) is 50.0 cm³/mol. The number of nitrogens with two attached hydrogens (primary N) is 1. The van der Waals surface area contributed by atoms with Gasteiger partial charge < -0.3 is 16.4 Å². The SMILES string of the molecule is CNC(=O)CCNC(C)(C)C(N)=O. The second-order valence-electron chi connectivity index (χ2n) is 3.34. The van der Waals surface area contributed by atoms with Crippen LogP contribution in [0.1, 0.15) is 20.3 Å². The number of nitrogens with one attached hydrogen (secondary N) is 2. The largest absolute Gasteiger partial charge is 0.368 e. The van der Waals surface area contributed by atoms with Gasteiger partial charge >= 0.3 is 0 Å². The number of rotatable bonds is 5. The molecule has 0 spiro atoms. The second-order valence-corrected chi connectivity index (χ2v) is 3.34. The Kier molecular flexibility index (Phi) is 4.40. The first kappa shape index (κ1) is 11.9. The zero-order chi connectivity index (χ0) is 10.5. The maximum Gasteiger partial charge on any atom is 0.237 e. The number of carbonyl (C=O) groups excluding carboxylic acids is 2. The van der Waals surface area contributed by atoms with Crippen LogP contribution in [0.2, 0.25) is 0 Å².